The minimum absolute atomic E-state index is 0.0192. The van der Waals surface area contributed by atoms with Gasteiger partial charge in [-0.25, -0.2) is 0 Å². The molecule has 0 aliphatic carbocycles. The molecule has 0 fully saturated rings. The molecule has 2 nitrogen and oxygen atoms in total. The molecule has 0 aliphatic rings. The van der Waals surface area contributed by atoms with Crippen LogP contribution in [0.4, 0.5) is 0 Å². The Labute approximate surface area is 275 Å². The fraction of sp³-hybridized carbons (Fsp3) is 0. The summed E-state index contributed by atoms with van der Waals surface area (Å²) in [6.45, 7) is 0. The van der Waals surface area contributed by atoms with Crippen molar-refractivity contribution in [2.24, 2.45) is 0 Å². The molecular weight excluding hydrogens is 532 g/mol. The average Bonchev–Trinajstić information content (AvgIpc) is 3.73. The molecule has 0 spiro atoms. The largest absolute Gasteiger partial charge is 0.309 e. The first-order valence-electron chi connectivity index (χ1n) is 21.0. The molecule has 206 valence electrons. The van der Waals surface area contributed by atoms with Crippen LogP contribution in [0, 0.1) is 0 Å². The van der Waals surface area contributed by atoms with Crippen LogP contribution in [-0.4, -0.2) is 9.13 Å². The third-order valence-corrected chi connectivity index (χ3v) is 7.82. The first-order chi connectivity index (χ1) is 27.6. The van der Waals surface area contributed by atoms with E-state index in [1.54, 1.807) is 22.8 Å². The van der Waals surface area contributed by atoms with Crippen molar-refractivity contribution >= 4 is 43.6 Å². The fourth-order valence-corrected chi connectivity index (χ4v) is 5.91. The Hall–Kier alpha value is -5.86. The first kappa shape index (κ1) is 14.5. The number of para-hydroxylation sites is 3. The Bertz CT molecular complexity index is 3220. The van der Waals surface area contributed by atoms with E-state index in [9.17, 15) is 5.48 Å². The number of rotatable bonds is 4. The van der Waals surface area contributed by atoms with Crippen LogP contribution in [-0.2, 0) is 0 Å². The lowest BCUT2D eigenvalue weighted by Gasteiger charge is -2.12. The second-order valence-electron chi connectivity index (χ2n) is 10.3. The minimum atomic E-state index is -0.560. The zero-order chi connectivity index (χ0) is 41.2. The summed E-state index contributed by atoms with van der Waals surface area (Å²) >= 11 is 0. The molecule has 0 bridgehead atoms. The Morgan fingerprint density at radius 2 is 1.05 bits per heavy atom. The lowest BCUT2D eigenvalue weighted by molar-refractivity contribution is 1.17. The Morgan fingerprint density at radius 3 is 1.84 bits per heavy atom. The highest BCUT2D eigenvalue weighted by Gasteiger charge is 2.16. The summed E-state index contributed by atoms with van der Waals surface area (Å²) in [7, 11) is 0. The molecule has 0 atom stereocenters. The Kier molecular flexibility index (Phi) is 3.26. The van der Waals surface area contributed by atoms with Gasteiger partial charge >= 0.3 is 0 Å². The van der Waals surface area contributed by atoms with Crippen molar-refractivity contribution in [1.29, 1.82) is 0 Å². The van der Waals surface area contributed by atoms with E-state index < -0.39 is 48.3 Å². The average molecular weight is 575 g/mol. The van der Waals surface area contributed by atoms with Gasteiger partial charge in [-0.15, -0.1) is 0 Å². The Balaban J connectivity index is 1.39. The summed E-state index contributed by atoms with van der Waals surface area (Å²) in [6, 6.07) is 17.9. The van der Waals surface area contributed by atoms with Gasteiger partial charge in [-0.3, -0.25) is 0 Å². The fourth-order valence-electron chi connectivity index (χ4n) is 5.91. The molecule has 2 heteroatoms. The molecule has 0 aliphatic heterocycles. The maximum Gasteiger partial charge on any atom is 0.0652 e. The van der Waals surface area contributed by atoms with Crippen molar-refractivity contribution in [3.63, 3.8) is 0 Å². The summed E-state index contributed by atoms with van der Waals surface area (Å²) in [5.74, 6) is 0. The molecule has 7 aromatic carbocycles. The smallest absolute Gasteiger partial charge is 0.0652 e. The molecule has 9 aromatic rings. The van der Waals surface area contributed by atoms with Gasteiger partial charge in [0, 0.05) is 32.9 Å². The van der Waals surface area contributed by atoms with E-state index in [4.69, 9.17) is 13.7 Å². The molecule has 0 amide bonds. The molecule has 2 aromatic heterocycles. The molecule has 0 unspecified atom stereocenters. The van der Waals surface area contributed by atoms with Crippen LogP contribution in [0.1, 0.15) is 19.2 Å². The molecule has 44 heavy (non-hydrogen) atoms. The number of aromatic nitrogens is 2. The van der Waals surface area contributed by atoms with E-state index in [0.717, 1.165) is 10.8 Å². The van der Waals surface area contributed by atoms with Gasteiger partial charge in [-0.05, 0) is 76.7 Å². The summed E-state index contributed by atoms with van der Waals surface area (Å²) in [6.07, 6.45) is 0. The first-order valence-corrected chi connectivity index (χ1v) is 14.0. The van der Waals surface area contributed by atoms with Crippen LogP contribution < -0.4 is 0 Å². The number of fused-ring (bicyclic) bond motifs is 6. The zero-order valence-electron chi connectivity index (χ0n) is 37.0. The highest BCUT2D eigenvalue weighted by Crippen LogP contribution is 2.37. The zero-order valence-corrected chi connectivity index (χ0v) is 23.0. The maximum absolute atomic E-state index is 9.76. The van der Waals surface area contributed by atoms with Gasteiger partial charge in [0.25, 0.3) is 0 Å². The van der Waals surface area contributed by atoms with E-state index in [-0.39, 0.29) is 91.7 Å². The lowest BCUT2D eigenvalue weighted by Crippen LogP contribution is -1.96. The molecule has 0 saturated carbocycles. The van der Waals surface area contributed by atoms with Crippen LogP contribution in [0.25, 0.3) is 77.2 Å². The van der Waals surface area contributed by atoms with E-state index in [1.165, 1.54) is 22.8 Å². The third-order valence-electron chi connectivity index (χ3n) is 7.82. The molecule has 0 saturated heterocycles. The van der Waals surface area contributed by atoms with E-state index >= 15 is 0 Å². The van der Waals surface area contributed by atoms with Crippen molar-refractivity contribution in [3.05, 3.63) is 170 Å². The van der Waals surface area contributed by atoms with E-state index in [1.807, 2.05) is 48.5 Å². The van der Waals surface area contributed by atoms with Gasteiger partial charge in [0.05, 0.1) is 41.3 Å². The van der Waals surface area contributed by atoms with Crippen LogP contribution in [0.2, 0.25) is 0 Å². The van der Waals surface area contributed by atoms with Gasteiger partial charge < -0.3 is 9.13 Å². The van der Waals surface area contributed by atoms with Crippen LogP contribution in [0.5, 0.6) is 0 Å². The van der Waals surface area contributed by atoms with Crippen molar-refractivity contribution < 1.29 is 19.2 Å². The summed E-state index contributed by atoms with van der Waals surface area (Å²) < 4.78 is 128. The minimum Gasteiger partial charge on any atom is -0.309 e. The Morgan fingerprint density at radius 1 is 0.364 bits per heavy atom. The van der Waals surface area contributed by atoms with Gasteiger partial charge in [0.1, 0.15) is 0 Å². The van der Waals surface area contributed by atoms with Crippen molar-refractivity contribution in [3.8, 4) is 33.6 Å². The van der Waals surface area contributed by atoms with Crippen LogP contribution in [0.3, 0.4) is 0 Å². The molecule has 0 radical (unpaired) electrons. The van der Waals surface area contributed by atoms with Crippen molar-refractivity contribution in [2.45, 2.75) is 0 Å². The van der Waals surface area contributed by atoms with Gasteiger partial charge in [-0.1, -0.05) is 115 Å². The normalized spacial score (nSPS) is 16.1. The maximum atomic E-state index is 9.76. The number of nitrogens with zero attached hydrogens (tertiary/aromatic N) is 2. The highest BCUT2D eigenvalue weighted by atomic mass is 15.0. The summed E-state index contributed by atoms with van der Waals surface area (Å²) in [4.78, 5) is 0. The lowest BCUT2D eigenvalue weighted by atomic mass is 9.99. The SMILES string of the molecule is [2H]c1cc([2H])c(-c2c([2H])c([2H])c([2H])c(-c3cccc(-n4c5c([2H])c([2H])c([2H])c([2H])c5c5c([2H])c(-n6c7ccccc7c7ccccc76)c([2H])c([2H])c54)c3)c2[2H])c([2H])c1. The summed E-state index contributed by atoms with van der Waals surface area (Å²) in [5.41, 5.74) is 1.21. The van der Waals surface area contributed by atoms with Gasteiger partial charge in [0.2, 0.25) is 0 Å². The standard InChI is InChI=1S/C42H28N2/c1-2-12-29(13-3-1)30-14-10-15-31(26-30)32-16-11-17-33(27-32)43-41-23-9-6-20-37(41)38-28-34(24-25-42(38)43)44-39-21-7-4-18-35(39)36-19-5-8-22-40(36)44/h1-28H/i1D,6D,9D,10D,12D,13D,14D,15D,20D,23D,24D,25D,26D,28D. The second kappa shape index (κ2) is 9.86. The van der Waals surface area contributed by atoms with Crippen LogP contribution >= 0.6 is 0 Å². The predicted octanol–water partition coefficient (Wildman–Crippen LogP) is 11.2. The van der Waals surface area contributed by atoms with E-state index in [0.29, 0.717) is 11.0 Å². The number of benzene rings is 7. The molecule has 0 N–H and O–H groups in total. The molecular formula is C42H28N2. The second-order valence-corrected chi connectivity index (χ2v) is 10.3. The van der Waals surface area contributed by atoms with Gasteiger partial charge in [0.15, 0.2) is 0 Å². The van der Waals surface area contributed by atoms with E-state index in [2.05, 4.69) is 0 Å². The highest BCUT2D eigenvalue weighted by molar-refractivity contribution is 6.12. The molecule has 9 rings (SSSR count). The summed E-state index contributed by atoms with van der Waals surface area (Å²) in [5, 5.41) is 1.70. The third kappa shape index (κ3) is 3.82. The number of hydrogen-bond acceptors (Lipinski definition) is 0. The molecule has 2 heterocycles. The van der Waals surface area contributed by atoms with Crippen LogP contribution in [0.15, 0.2) is 170 Å². The predicted molar refractivity (Wildman–Crippen MR) is 186 cm³/mol. The van der Waals surface area contributed by atoms with Crippen molar-refractivity contribution in [1.82, 2.24) is 9.13 Å². The topological polar surface area (TPSA) is 9.86 Å². The van der Waals surface area contributed by atoms with Crippen molar-refractivity contribution in [2.75, 3.05) is 0 Å². The quantitative estimate of drug-likeness (QED) is 0.198. The number of hydrogen-bond donors (Lipinski definition) is 0. The van der Waals surface area contributed by atoms with Gasteiger partial charge in [-0.2, -0.15) is 0 Å². The monoisotopic (exact) mass is 574 g/mol.